The van der Waals surface area contributed by atoms with Gasteiger partial charge in [-0.2, -0.15) is 0 Å². The smallest absolute Gasteiger partial charge is 0.210 e. The first-order chi connectivity index (χ1) is 21.4. The monoisotopic (exact) mass is 632 g/mol. The van der Waals surface area contributed by atoms with Gasteiger partial charge in [0.1, 0.15) is 16.2 Å². The highest BCUT2D eigenvalue weighted by molar-refractivity contribution is 7.91. The van der Waals surface area contributed by atoms with Gasteiger partial charge in [0.2, 0.25) is 9.84 Å². The number of hydrogen-bond acceptors (Lipinski definition) is 7. The summed E-state index contributed by atoms with van der Waals surface area (Å²) in [6.07, 6.45) is 10.3. The number of ether oxygens (including phenoxy) is 1. The Morgan fingerprint density at radius 1 is 0.733 bits per heavy atom. The molecule has 3 aliphatic heterocycles. The Bertz CT molecular complexity index is 1560. The Balaban J connectivity index is 1.20. The number of para-hydroxylation sites is 1. The van der Waals surface area contributed by atoms with Gasteiger partial charge in [-0.25, -0.2) is 8.42 Å². The summed E-state index contributed by atoms with van der Waals surface area (Å²) < 4.78 is 34.8. The molecular weight excluding hydrogens is 580 g/mol. The van der Waals surface area contributed by atoms with Gasteiger partial charge in [0, 0.05) is 42.2 Å². The highest BCUT2D eigenvalue weighted by atomic mass is 32.2. The molecule has 0 bridgehead atoms. The third-order valence-corrected chi connectivity index (χ3v) is 12.8. The van der Waals surface area contributed by atoms with E-state index in [1.165, 1.54) is 58.3 Å². The second-order valence-corrected chi connectivity index (χ2v) is 16.8. The van der Waals surface area contributed by atoms with E-state index < -0.39 is 15.4 Å². The van der Waals surface area contributed by atoms with Crippen LogP contribution in [0.25, 0.3) is 10.9 Å². The summed E-state index contributed by atoms with van der Waals surface area (Å²) in [5.41, 5.74) is 1.11. The summed E-state index contributed by atoms with van der Waals surface area (Å²) in [5.74, 6) is 0.660. The van der Waals surface area contributed by atoms with Gasteiger partial charge in [-0.05, 0) is 109 Å². The minimum absolute atomic E-state index is 0.0830. The number of fused-ring (bicyclic) bond motifs is 1. The van der Waals surface area contributed by atoms with E-state index in [4.69, 9.17) is 4.74 Å². The maximum atomic E-state index is 14.2. The molecule has 4 heterocycles. The SMILES string of the molecule is CC(C)(C)C(C)(C)Oc1ccc(S(=O)(=O)c2cnc3ccccc3c2N2CCC(N3CCC(N4CCCCC4)CC3)CC2)cc1. The van der Waals surface area contributed by atoms with Crippen LogP contribution in [0.1, 0.15) is 79.6 Å². The van der Waals surface area contributed by atoms with Crippen LogP contribution in [0.2, 0.25) is 0 Å². The van der Waals surface area contributed by atoms with Gasteiger partial charge in [0.15, 0.2) is 0 Å². The van der Waals surface area contributed by atoms with E-state index in [1.54, 1.807) is 30.5 Å². The summed E-state index contributed by atoms with van der Waals surface area (Å²) in [5, 5.41) is 0.895. The lowest BCUT2D eigenvalue weighted by Crippen LogP contribution is -2.52. The molecule has 0 aliphatic carbocycles. The zero-order valence-electron chi connectivity index (χ0n) is 28.0. The quantitative estimate of drug-likeness (QED) is 0.273. The first kappa shape index (κ1) is 32.3. The Morgan fingerprint density at radius 2 is 1.31 bits per heavy atom. The molecular formula is C37H52N4O3S. The van der Waals surface area contributed by atoms with Crippen molar-refractivity contribution in [3.63, 3.8) is 0 Å². The first-order valence-electron chi connectivity index (χ1n) is 17.1. The summed E-state index contributed by atoms with van der Waals surface area (Å²) in [6.45, 7) is 17.1. The Kier molecular flexibility index (Phi) is 9.21. The normalized spacial score (nSPS) is 20.5. The van der Waals surface area contributed by atoms with Gasteiger partial charge >= 0.3 is 0 Å². The van der Waals surface area contributed by atoms with Crippen molar-refractivity contribution in [1.29, 1.82) is 0 Å². The number of benzene rings is 2. The van der Waals surface area contributed by atoms with Gasteiger partial charge in [-0.1, -0.05) is 45.4 Å². The van der Waals surface area contributed by atoms with E-state index in [0.717, 1.165) is 48.6 Å². The predicted octanol–water partition coefficient (Wildman–Crippen LogP) is 7.19. The molecule has 6 rings (SSSR count). The average Bonchev–Trinajstić information content (AvgIpc) is 3.04. The van der Waals surface area contributed by atoms with Crippen LogP contribution in [0.4, 0.5) is 5.69 Å². The van der Waals surface area contributed by atoms with Crippen LogP contribution in [-0.2, 0) is 9.84 Å². The minimum atomic E-state index is -3.83. The fourth-order valence-electron chi connectivity index (χ4n) is 7.25. The number of anilines is 1. The van der Waals surface area contributed by atoms with Crippen LogP contribution in [0.15, 0.2) is 64.5 Å². The zero-order valence-corrected chi connectivity index (χ0v) is 28.8. The molecule has 8 heteroatoms. The fourth-order valence-corrected chi connectivity index (χ4v) is 8.68. The first-order valence-corrected chi connectivity index (χ1v) is 18.6. The van der Waals surface area contributed by atoms with Crippen molar-refractivity contribution in [3.05, 3.63) is 54.7 Å². The summed E-state index contributed by atoms with van der Waals surface area (Å²) >= 11 is 0. The summed E-state index contributed by atoms with van der Waals surface area (Å²) in [6, 6.07) is 16.1. The van der Waals surface area contributed by atoms with Crippen molar-refractivity contribution >= 4 is 26.4 Å². The van der Waals surface area contributed by atoms with Crippen molar-refractivity contribution in [3.8, 4) is 5.75 Å². The Labute approximate surface area is 270 Å². The maximum Gasteiger partial charge on any atom is 0.210 e. The molecule has 7 nitrogen and oxygen atoms in total. The topological polar surface area (TPSA) is 66.0 Å². The molecule has 45 heavy (non-hydrogen) atoms. The zero-order chi connectivity index (χ0) is 31.8. The Hall–Kier alpha value is -2.68. The van der Waals surface area contributed by atoms with Gasteiger partial charge in [0.05, 0.1) is 16.1 Å². The highest BCUT2D eigenvalue weighted by Crippen LogP contribution is 2.39. The number of pyridine rings is 1. The lowest BCUT2D eigenvalue weighted by molar-refractivity contribution is 0.000771. The van der Waals surface area contributed by atoms with Crippen molar-refractivity contribution in [1.82, 2.24) is 14.8 Å². The molecule has 0 radical (unpaired) electrons. The molecule has 244 valence electrons. The number of sulfone groups is 1. The van der Waals surface area contributed by atoms with Crippen LogP contribution in [-0.4, -0.2) is 80.2 Å². The van der Waals surface area contributed by atoms with Crippen molar-refractivity contribution in [2.24, 2.45) is 5.41 Å². The number of rotatable bonds is 7. The van der Waals surface area contributed by atoms with E-state index in [-0.39, 0.29) is 15.2 Å². The molecule has 0 atom stereocenters. The van der Waals surface area contributed by atoms with Crippen molar-refractivity contribution in [2.75, 3.05) is 44.2 Å². The highest BCUT2D eigenvalue weighted by Gasteiger charge is 2.36. The van der Waals surface area contributed by atoms with Crippen LogP contribution < -0.4 is 9.64 Å². The fraction of sp³-hybridized carbons (Fsp3) is 0.595. The van der Waals surface area contributed by atoms with Gasteiger partial charge in [-0.3, -0.25) is 4.98 Å². The molecule has 3 saturated heterocycles. The summed E-state index contributed by atoms with van der Waals surface area (Å²) in [7, 11) is -3.83. The van der Waals surface area contributed by atoms with E-state index in [0.29, 0.717) is 11.8 Å². The van der Waals surface area contributed by atoms with E-state index in [2.05, 4.69) is 54.3 Å². The molecule has 0 amide bonds. The average molecular weight is 633 g/mol. The molecule has 3 fully saturated rings. The number of piperidine rings is 3. The number of hydrogen-bond donors (Lipinski definition) is 0. The third-order valence-electron chi connectivity index (χ3n) is 11.0. The second kappa shape index (κ2) is 12.8. The van der Waals surface area contributed by atoms with Crippen LogP contribution in [0.3, 0.4) is 0 Å². The van der Waals surface area contributed by atoms with Crippen molar-refractivity contribution < 1.29 is 13.2 Å². The number of nitrogens with zero attached hydrogens (tertiary/aromatic N) is 4. The van der Waals surface area contributed by atoms with Gasteiger partial charge < -0.3 is 19.4 Å². The van der Waals surface area contributed by atoms with E-state index in [9.17, 15) is 8.42 Å². The van der Waals surface area contributed by atoms with Gasteiger partial charge in [0.25, 0.3) is 0 Å². The molecule has 0 saturated carbocycles. The molecule has 3 aliphatic rings. The molecule has 0 unspecified atom stereocenters. The van der Waals surface area contributed by atoms with Crippen molar-refractivity contribution in [2.45, 2.75) is 107 Å². The largest absolute Gasteiger partial charge is 0.487 e. The maximum absolute atomic E-state index is 14.2. The minimum Gasteiger partial charge on any atom is -0.487 e. The second-order valence-electron chi connectivity index (χ2n) is 14.9. The molecule has 0 N–H and O–H groups in total. The Morgan fingerprint density at radius 3 is 1.93 bits per heavy atom. The lowest BCUT2D eigenvalue weighted by Gasteiger charge is -2.45. The molecule has 1 aromatic heterocycles. The predicted molar refractivity (Wildman–Crippen MR) is 183 cm³/mol. The standard InChI is InChI=1S/C37H52N4O3S/c1-36(2,3)37(4,5)44-30-13-15-31(16-14-30)45(42,43)34-27-38-33-12-8-7-11-32(33)35(34)41-25-19-29(20-26-41)40-23-17-28(18-24-40)39-21-9-6-10-22-39/h7-8,11-16,27-29H,6,9-10,17-26H2,1-5H3. The molecule has 0 spiro atoms. The van der Waals surface area contributed by atoms with E-state index >= 15 is 0 Å². The molecule has 2 aromatic carbocycles. The third kappa shape index (κ3) is 6.75. The van der Waals surface area contributed by atoms with Crippen LogP contribution in [0, 0.1) is 5.41 Å². The lowest BCUT2D eigenvalue weighted by atomic mass is 9.79. The molecule has 3 aromatic rings. The van der Waals surface area contributed by atoms with Crippen LogP contribution >= 0.6 is 0 Å². The van der Waals surface area contributed by atoms with Gasteiger partial charge in [-0.15, -0.1) is 0 Å². The van der Waals surface area contributed by atoms with E-state index in [1.807, 2.05) is 24.3 Å². The summed E-state index contributed by atoms with van der Waals surface area (Å²) in [4.78, 5) is 12.9. The number of aromatic nitrogens is 1. The van der Waals surface area contributed by atoms with Crippen LogP contribution in [0.5, 0.6) is 5.75 Å². The number of likely N-dealkylation sites (tertiary alicyclic amines) is 2.